The Hall–Kier alpha value is -2.62. The summed E-state index contributed by atoms with van der Waals surface area (Å²) in [5.41, 5.74) is 3.22. The van der Waals surface area contributed by atoms with Crippen molar-refractivity contribution in [3.05, 3.63) is 71.8 Å². The van der Waals surface area contributed by atoms with Gasteiger partial charge in [-0.3, -0.25) is 9.80 Å². The Morgan fingerprint density at radius 2 is 1.71 bits per heavy atom. The minimum absolute atomic E-state index is 0.00218. The van der Waals surface area contributed by atoms with Crippen molar-refractivity contribution in [3.8, 4) is 0 Å². The molecule has 2 aliphatic rings. The van der Waals surface area contributed by atoms with Crippen molar-refractivity contribution in [3.63, 3.8) is 0 Å². The molecule has 0 aromatic heterocycles. The van der Waals surface area contributed by atoms with Gasteiger partial charge in [-0.05, 0) is 24.0 Å². The molecule has 28 heavy (non-hydrogen) atoms. The molecule has 1 N–H and O–H groups in total. The molecule has 2 aromatic rings. The first kappa shape index (κ1) is 18.7. The second kappa shape index (κ2) is 8.59. The first-order chi connectivity index (χ1) is 13.8. The highest BCUT2D eigenvalue weighted by atomic mass is 16.2. The average Bonchev–Trinajstić information content (AvgIpc) is 3.37. The summed E-state index contributed by atoms with van der Waals surface area (Å²) in [5, 5.41) is 10.1. The van der Waals surface area contributed by atoms with Gasteiger partial charge in [0.15, 0.2) is 0 Å². The van der Waals surface area contributed by atoms with Crippen LogP contribution in [0.15, 0.2) is 65.8 Å². The highest BCUT2D eigenvalue weighted by Gasteiger charge is 2.41. The summed E-state index contributed by atoms with van der Waals surface area (Å²) in [6.07, 6.45) is 5.19. The summed E-state index contributed by atoms with van der Waals surface area (Å²) in [6, 6.07) is 21.3. The summed E-state index contributed by atoms with van der Waals surface area (Å²) in [7, 11) is 0. The second-order valence-corrected chi connectivity index (χ2v) is 7.88. The fourth-order valence-electron chi connectivity index (χ4n) is 4.06. The molecule has 1 aliphatic heterocycles. The van der Waals surface area contributed by atoms with E-state index in [4.69, 9.17) is 5.10 Å². The zero-order valence-electron chi connectivity index (χ0n) is 16.6. The number of amides is 1. The average molecular weight is 376 g/mol. The van der Waals surface area contributed by atoms with E-state index in [-0.39, 0.29) is 18.0 Å². The molecule has 4 nitrogen and oxygen atoms in total. The Balaban J connectivity index is 1.40. The van der Waals surface area contributed by atoms with Gasteiger partial charge in [-0.25, -0.2) is 0 Å². The molecule has 0 bridgehead atoms. The highest BCUT2D eigenvalue weighted by Crippen LogP contribution is 2.41. The molecule has 4 rings (SSSR count). The Morgan fingerprint density at radius 3 is 2.39 bits per heavy atom. The van der Waals surface area contributed by atoms with Crippen LogP contribution in [0, 0.1) is 0 Å². The summed E-state index contributed by atoms with van der Waals surface area (Å²) in [4.78, 5) is 12.9. The number of unbranched alkanes of at least 4 members (excludes halogenated alkanes) is 2. The standard InChI is InChI=1S/C24H29N3O/c1-2-3-10-15-27-23(19-13-8-5-9-14-19)17-22(26-27)24(28)25-21-16-20(21)18-11-6-4-7-12-18/h4-9,11-14,20-21,23H,2-3,10,15-17H2,1H3,(H,25,28). The van der Waals surface area contributed by atoms with E-state index in [2.05, 4.69) is 65.8 Å². The maximum Gasteiger partial charge on any atom is 0.267 e. The number of carbonyl (C=O) groups is 1. The quantitative estimate of drug-likeness (QED) is 0.683. The van der Waals surface area contributed by atoms with Crippen LogP contribution in [0.3, 0.4) is 0 Å². The van der Waals surface area contributed by atoms with Crippen molar-refractivity contribution in [1.29, 1.82) is 0 Å². The van der Waals surface area contributed by atoms with Crippen LogP contribution >= 0.6 is 0 Å². The topological polar surface area (TPSA) is 44.7 Å². The summed E-state index contributed by atoms with van der Waals surface area (Å²) < 4.78 is 0. The maximum atomic E-state index is 12.9. The van der Waals surface area contributed by atoms with Crippen molar-refractivity contribution in [2.24, 2.45) is 5.10 Å². The number of nitrogens with one attached hydrogen (secondary N) is 1. The normalized spacial score (nSPS) is 23.4. The van der Waals surface area contributed by atoms with Gasteiger partial charge < -0.3 is 5.32 Å². The molecule has 0 saturated heterocycles. The first-order valence-electron chi connectivity index (χ1n) is 10.5. The minimum Gasteiger partial charge on any atom is -0.348 e. The van der Waals surface area contributed by atoms with Gasteiger partial charge in [0.1, 0.15) is 5.71 Å². The number of hydrogen-bond donors (Lipinski definition) is 1. The van der Waals surface area contributed by atoms with Crippen LogP contribution in [0.25, 0.3) is 0 Å². The third-order valence-corrected chi connectivity index (χ3v) is 5.77. The van der Waals surface area contributed by atoms with E-state index in [0.717, 1.165) is 19.4 Å². The molecule has 4 heteroatoms. The van der Waals surface area contributed by atoms with Crippen molar-refractivity contribution in [2.75, 3.05) is 6.54 Å². The van der Waals surface area contributed by atoms with Crippen molar-refractivity contribution < 1.29 is 4.79 Å². The molecule has 1 amide bonds. The molecule has 1 aliphatic carbocycles. The Morgan fingerprint density at radius 1 is 1.04 bits per heavy atom. The number of carbonyl (C=O) groups excluding carboxylic acids is 1. The Bertz CT molecular complexity index is 818. The van der Waals surface area contributed by atoms with E-state index in [1.165, 1.54) is 24.0 Å². The predicted molar refractivity (Wildman–Crippen MR) is 113 cm³/mol. The largest absolute Gasteiger partial charge is 0.348 e. The van der Waals surface area contributed by atoms with Crippen LogP contribution < -0.4 is 5.32 Å². The lowest BCUT2D eigenvalue weighted by Gasteiger charge is -2.23. The van der Waals surface area contributed by atoms with Gasteiger partial charge >= 0.3 is 0 Å². The fraction of sp³-hybridized carbons (Fsp3) is 0.417. The molecule has 0 spiro atoms. The maximum absolute atomic E-state index is 12.9. The lowest BCUT2D eigenvalue weighted by atomic mass is 10.0. The lowest BCUT2D eigenvalue weighted by molar-refractivity contribution is -0.115. The first-order valence-corrected chi connectivity index (χ1v) is 10.5. The van der Waals surface area contributed by atoms with Crippen LogP contribution in [0.5, 0.6) is 0 Å². The van der Waals surface area contributed by atoms with E-state index in [9.17, 15) is 4.79 Å². The van der Waals surface area contributed by atoms with Gasteiger partial charge in [-0.1, -0.05) is 80.4 Å². The van der Waals surface area contributed by atoms with Gasteiger partial charge in [0, 0.05) is 24.9 Å². The molecule has 3 unspecified atom stereocenters. The summed E-state index contributed by atoms with van der Waals surface area (Å²) >= 11 is 0. The summed E-state index contributed by atoms with van der Waals surface area (Å²) in [5.74, 6) is 0.445. The molecular formula is C24H29N3O. The van der Waals surface area contributed by atoms with E-state index in [1.54, 1.807) is 0 Å². The minimum atomic E-state index is 0.00218. The summed E-state index contributed by atoms with van der Waals surface area (Å²) in [6.45, 7) is 3.11. The third kappa shape index (κ3) is 4.27. The number of nitrogens with zero attached hydrogens (tertiary/aromatic N) is 2. The van der Waals surface area contributed by atoms with Crippen LogP contribution in [0.1, 0.15) is 62.1 Å². The van der Waals surface area contributed by atoms with Gasteiger partial charge in [0.25, 0.3) is 5.91 Å². The van der Waals surface area contributed by atoms with E-state index in [0.29, 0.717) is 18.1 Å². The zero-order valence-corrected chi connectivity index (χ0v) is 16.6. The molecular weight excluding hydrogens is 346 g/mol. The third-order valence-electron chi connectivity index (χ3n) is 5.77. The van der Waals surface area contributed by atoms with Crippen LogP contribution in [0.4, 0.5) is 0 Å². The van der Waals surface area contributed by atoms with E-state index in [1.807, 2.05) is 12.1 Å². The van der Waals surface area contributed by atoms with Gasteiger partial charge in [0.2, 0.25) is 0 Å². The van der Waals surface area contributed by atoms with Crippen molar-refractivity contribution in [1.82, 2.24) is 10.3 Å². The number of hydrazone groups is 1. The monoisotopic (exact) mass is 375 g/mol. The highest BCUT2D eigenvalue weighted by molar-refractivity contribution is 6.39. The lowest BCUT2D eigenvalue weighted by Crippen LogP contribution is -2.32. The molecule has 2 aromatic carbocycles. The van der Waals surface area contributed by atoms with Crippen molar-refractivity contribution >= 4 is 11.6 Å². The molecule has 146 valence electrons. The predicted octanol–water partition coefficient (Wildman–Crippen LogP) is 4.65. The molecule has 1 fully saturated rings. The molecule has 0 radical (unpaired) electrons. The zero-order chi connectivity index (χ0) is 19.3. The second-order valence-electron chi connectivity index (χ2n) is 7.88. The van der Waals surface area contributed by atoms with Crippen LogP contribution in [-0.2, 0) is 4.79 Å². The fourth-order valence-corrected chi connectivity index (χ4v) is 4.06. The number of rotatable bonds is 8. The van der Waals surface area contributed by atoms with Crippen molar-refractivity contribution in [2.45, 2.75) is 57.0 Å². The molecule has 1 heterocycles. The molecule has 3 atom stereocenters. The van der Waals surface area contributed by atoms with Gasteiger partial charge in [-0.15, -0.1) is 0 Å². The van der Waals surface area contributed by atoms with Crippen LogP contribution in [-0.4, -0.2) is 29.2 Å². The number of hydrogen-bond acceptors (Lipinski definition) is 3. The Labute approximate surface area is 167 Å². The van der Waals surface area contributed by atoms with Gasteiger partial charge in [0.05, 0.1) is 6.04 Å². The van der Waals surface area contributed by atoms with Gasteiger partial charge in [-0.2, -0.15) is 5.10 Å². The van der Waals surface area contributed by atoms with E-state index >= 15 is 0 Å². The SMILES string of the molecule is CCCCCN1N=C(C(=O)NC2CC2c2ccccc2)CC1c1ccccc1. The molecule has 1 saturated carbocycles. The van der Waals surface area contributed by atoms with Crippen LogP contribution in [0.2, 0.25) is 0 Å². The Kier molecular flexibility index (Phi) is 5.75. The number of benzene rings is 2. The van der Waals surface area contributed by atoms with E-state index < -0.39 is 0 Å². The smallest absolute Gasteiger partial charge is 0.267 e.